The molecular formula is C16H29N3O. The lowest BCUT2D eigenvalue weighted by atomic mass is 9.65. The van der Waals surface area contributed by atoms with Crippen LogP contribution in [0.25, 0.3) is 0 Å². The van der Waals surface area contributed by atoms with E-state index < -0.39 is 5.54 Å². The van der Waals surface area contributed by atoms with Crippen molar-refractivity contribution >= 4 is 11.9 Å². The first-order chi connectivity index (χ1) is 9.29. The quantitative estimate of drug-likeness (QED) is 0.834. The Hall–Kier alpha value is -1.06. The van der Waals surface area contributed by atoms with Gasteiger partial charge in [-0.15, -0.1) is 0 Å². The minimum Gasteiger partial charge on any atom is -0.342 e. The maximum Gasteiger partial charge on any atom is 0.252 e. The van der Waals surface area contributed by atoms with Crippen LogP contribution < -0.4 is 10.6 Å². The zero-order valence-corrected chi connectivity index (χ0v) is 13.5. The van der Waals surface area contributed by atoms with Gasteiger partial charge in [-0.3, -0.25) is 15.1 Å². The number of aliphatic imine (C=N–C) groups is 1. The van der Waals surface area contributed by atoms with Gasteiger partial charge in [0.25, 0.3) is 5.91 Å². The van der Waals surface area contributed by atoms with E-state index in [0.29, 0.717) is 11.4 Å². The van der Waals surface area contributed by atoms with Gasteiger partial charge in [0.05, 0.1) is 0 Å². The lowest BCUT2D eigenvalue weighted by Crippen LogP contribution is -2.50. The summed E-state index contributed by atoms with van der Waals surface area (Å²) in [5, 5.41) is 6.28. The van der Waals surface area contributed by atoms with Gasteiger partial charge in [-0.2, -0.15) is 0 Å². The molecular weight excluding hydrogens is 250 g/mol. The molecule has 1 aliphatic heterocycles. The molecule has 2 aliphatic rings. The van der Waals surface area contributed by atoms with Crippen molar-refractivity contribution in [3.05, 3.63) is 0 Å². The summed E-state index contributed by atoms with van der Waals surface area (Å²) in [5.74, 6) is 1.50. The predicted octanol–water partition coefficient (Wildman–Crippen LogP) is 2.84. The standard InChI is InChI=1S/C16H29N3O/c1-6-15(4,5)12-7-9-16(10-8-12)13(20)18-14(19-16)17-11(2)3/h11-12H,6-10H2,1-5H3,(H2,17,18,19,20). The second kappa shape index (κ2) is 5.38. The van der Waals surface area contributed by atoms with Crippen LogP contribution >= 0.6 is 0 Å². The third-order valence-corrected chi connectivity index (χ3v) is 5.27. The smallest absolute Gasteiger partial charge is 0.252 e. The minimum absolute atomic E-state index is 0.115. The van der Waals surface area contributed by atoms with Gasteiger partial charge in [0.15, 0.2) is 5.96 Å². The maximum absolute atomic E-state index is 12.3. The van der Waals surface area contributed by atoms with Crippen molar-refractivity contribution < 1.29 is 4.79 Å². The summed E-state index contributed by atoms with van der Waals surface area (Å²) >= 11 is 0. The number of nitrogens with zero attached hydrogens (tertiary/aromatic N) is 1. The highest BCUT2D eigenvalue weighted by atomic mass is 16.2. The Labute approximate surface area is 122 Å². The molecule has 0 atom stereocenters. The van der Waals surface area contributed by atoms with E-state index in [1.54, 1.807) is 0 Å². The second-order valence-electron chi connectivity index (χ2n) is 7.35. The molecule has 2 N–H and O–H groups in total. The van der Waals surface area contributed by atoms with Crippen molar-refractivity contribution in [1.82, 2.24) is 10.6 Å². The molecule has 0 unspecified atom stereocenters. The number of rotatable bonds is 3. The zero-order valence-electron chi connectivity index (χ0n) is 13.5. The highest BCUT2D eigenvalue weighted by Crippen LogP contribution is 2.44. The topological polar surface area (TPSA) is 53.5 Å². The fraction of sp³-hybridized carbons (Fsp3) is 0.875. The second-order valence-corrected chi connectivity index (χ2v) is 7.35. The average molecular weight is 279 g/mol. The molecule has 1 aliphatic carbocycles. The highest BCUT2D eigenvalue weighted by molar-refractivity contribution is 6.09. The summed E-state index contributed by atoms with van der Waals surface area (Å²) in [6.07, 6.45) is 5.28. The molecule has 0 aromatic heterocycles. The minimum atomic E-state index is -0.395. The fourth-order valence-electron chi connectivity index (χ4n) is 3.40. The number of amides is 1. The molecule has 1 saturated carbocycles. The predicted molar refractivity (Wildman–Crippen MR) is 82.6 cm³/mol. The number of hydrogen-bond donors (Lipinski definition) is 2. The summed E-state index contributed by atoms with van der Waals surface area (Å²) in [4.78, 5) is 16.7. The van der Waals surface area contributed by atoms with Crippen LogP contribution in [-0.4, -0.2) is 23.4 Å². The van der Waals surface area contributed by atoms with Crippen molar-refractivity contribution in [3.8, 4) is 0 Å². The highest BCUT2D eigenvalue weighted by Gasteiger charge is 2.48. The van der Waals surface area contributed by atoms with E-state index in [9.17, 15) is 4.79 Å². The van der Waals surface area contributed by atoms with E-state index >= 15 is 0 Å². The zero-order chi connectivity index (χ0) is 15.0. The number of carbonyl (C=O) groups excluding carboxylic acids is 1. The average Bonchev–Trinajstić information content (AvgIpc) is 2.65. The number of carbonyl (C=O) groups is 1. The van der Waals surface area contributed by atoms with Gasteiger partial charge in [0.1, 0.15) is 5.54 Å². The van der Waals surface area contributed by atoms with E-state index in [4.69, 9.17) is 0 Å². The number of nitrogens with one attached hydrogen (secondary N) is 2. The number of guanidine groups is 1. The first-order valence-electron chi connectivity index (χ1n) is 7.96. The fourth-order valence-corrected chi connectivity index (χ4v) is 3.40. The van der Waals surface area contributed by atoms with Crippen LogP contribution in [0.2, 0.25) is 0 Å². The Morgan fingerprint density at radius 2 is 1.95 bits per heavy atom. The summed E-state index contributed by atoms with van der Waals surface area (Å²) < 4.78 is 0. The first-order valence-corrected chi connectivity index (χ1v) is 7.96. The molecule has 4 nitrogen and oxygen atoms in total. The van der Waals surface area contributed by atoms with Gasteiger partial charge in [0.2, 0.25) is 0 Å². The Morgan fingerprint density at radius 1 is 1.35 bits per heavy atom. The third-order valence-electron chi connectivity index (χ3n) is 5.27. The SMILES string of the molecule is CCC(C)(C)C1CCC2(CC1)NC(=NC(C)C)NC2=O. The van der Waals surface area contributed by atoms with E-state index in [2.05, 4.69) is 36.4 Å². The first kappa shape index (κ1) is 15.3. The lowest BCUT2D eigenvalue weighted by Gasteiger charge is -2.42. The van der Waals surface area contributed by atoms with Crippen molar-refractivity contribution in [3.63, 3.8) is 0 Å². The van der Waals surface area contributed by atoms with Gasteiger partial charge in [-0.1, -0.05) is 27.2 Å². The van der Waals surface area contributed by atoms with E-state index in [-0.39, 0.29) is 11.9 Å². The Bertz CT molecular complexity index is 404. The Kier molecular flexibility index (Phi) is 4.12. The molecule has 2 rings (SSSR count). The molecule has 1 spiro atoms. The van der Waals surface area contributed by atoms with Crippen LogP contribution in [0.15, 0.2) is 4.99 Å². The summed E-state index contributed by atoms with van der Waals surface area (Å²) in [6.45, 7) is 11.0. The summed E-state index contributed by atoms with van der Waals surface area (Å²) in [6, 6.07) is 0.198. The molecule has 0 bridgehead atoms. The lowest BCUT2D eigenvalue weighted by molar-refractivity contribution is -0.125. The van der Waals surface area contributed by atoms with Crippen LogP contribution in [0.3, 0.4) is 0 Å². The largest absolute Gasteiger partial charge is 0.342 e. The molecule has 0 radical (unpaired) electrons. The molecule has 4 heteroatoms. The van der Waals surface area contributed by atoms with Gasteiger partial charge in [-0.05, 0) is 50.9 Å². The monoisotopic (exact) mass is 279 g/mol. The van der Waals surface area contributed by atoms with Crippen LogP contribution in [0.5, 0.6) is 0 Å². The van der Waals surface area contributed by atoms with Crippen molar-refractivity contribution in [1.29, 1.82) is 0 Å². The van der Waals surface area contributed by atoms with Gasteiger partial charge < -0.3 is 5.32 Å². The maximum atomic E-state index is 12.3. The van der Waals surface area contributed by atoms with Gasteiger partial charge in [-0.25, -0.2) is 0 Å². The van der Waals surface area contributed by atoms with Gasteiger partial charge in [0, 0.05) is 6.04 Å². The molecule has 2 fully saturated rings. The van der Waals surface area contributed by atoms with Crippen molar-refractivity contribution in [2.24, 2.45) is 16.3 Å². The molecule has 1 heterocycles. The van der Waals surface area contributed by atoms with Crippen molar-refractivity contribution in [2.45, 2.75) is 78.3 Å². The Balaban J connectivity index is 2.04. The normalized spacial score (nSPS) is 32.8. The van der Waals surface area contributed by atoms with Crippen LogP contribution in [0.1, 0.15) is 66.7 Å². The Morgan fingerprint density at radius 3 is 2.45 bits per heavy atom. The van der Waals surface area contributed by atoms with E-state index in [1.165, 1.54) is 6.42 Å². The summed E-state index contributed by atoms with van der Waals surface area (Å²) in [5.41, 5.74) is -0.0143. The molecule has 1 saturated heterocycles. The third kappa shape index (κ3) is 2.84. The van der Waals surface area contributed by atoms with E-state index in [1.807, 2.05) is 13.8 Å². The van der Waals surface area contributed by atoms with Crippen LogP contribution in [-0.2, 0) is 4.79 Å². The number of hydrogen-bond acceptors (Lipinski definition) is 2. The summed E-state index contributed by atoms with van der Waals surface area (Å²) in [7, 11) is 0. The molecule has 0 aromatic carbocycles. The van der Waals surface area contributed by atoms with E-state index in [0.717, 1.165) is 31.6 Å². The van der Waals surface area contributed by atoms with Crippen LogP contribution in [0.4, 0.5) is 0 Å². The molecule has 1 amide bonds. The van der Waals surface area contributed by atoms with Gasteiger partial charge >= 0.3 is 0 Å². The molecule has 0 aromatic rings. The van der Waals surface area contributed by atoms with Crippen molar-refractivity contribution in [2.75, 3.05) is 0 Å². The molecule has 20 heavy (non-hydrogen) atoms. The molecule has 114 valence electrons. The van der Waals surface area contributed by atoms with Crippen LogP contribution in [0, 0.1) is 11.3 Å².